The molecule has 1 aromatic rings. The van der Waals surface area contributed by atoms with Gasteiger partial charge < -0.3 is 10.4 Å². The second-order valence-corrected chi connectivity index (χ2v) is 5.20. The van der Waals surface area contributed by atoms with Gasteiger partial charge in [0.05, 0.1) is 0 Å². The Morgan fingerprint density at radius 3 is 1.79 bits per heavy atom. The highest BCUT2D eigenvalue weighted by atomic mass is 16.2. The van der Waals surface area contributed by atoms with Crippen LogP contribution in [0.3, 0.4) is 0 Å². The lowest BCUT2D eigenvalue weighted by Crippen LogP contribution is -2.00. The largest absolute Gasteiger partial charge is 0.396 e. The van der Waals surface area contributed by atoms with Gasteiger partial charge >= 0.3 is 0 Å². The normalized spacial score (nSPS) is 10.6. The highest BCUT2D eigenvalue weighted by molar-refractivity contribution is 5.42. The number of para-hydroxylation sites is 1. The Morgan fingerprint density at radius 2 is 1.21 bits per heavy atom. The molecule has 0 aliphatic rings. The van der Waals surface area contributed by atoms with Crippen molar-refractivity contribution in [3.8, 4) is 0 Å². The van der Waals surface area contributed by atoms with Gasteiger partial charge in [-0.3, -0.25) is 0 Å². The van der Waals surface area contributed by atoms with E-state index in [2.05, 4.69) is 29.6 Å². The zero-order valence-electron chi connectivity index (χ0n) is 12.1. The number of nitrogens with one attached hydrogen (secondary N) is 1. The Hall–Kier alpha value is -1.02. The molecule has 0 saturated carbocycles. The third-order valence-electron chi connectivity index (χ3n) is 3.44. The van der Waals surface area contributed by atoms with Crippen LogP contribution in [0.1, 0.15) is 57.8 Å². The number of rotatable bonds is 12. The van der Waals surface area contributed by atoms with Gasteiger partial charge in [0.1, 0.15) is 0 Å². The first-order chi connectivity index (χ1) is 9.43. The van der Waals surface area contributed by atoms with Gasteiger partial charge in [-0.25, -0.2) is 0 Å². The monoisotopic (exact) mass is 263 g/mol. The minimum absolute atomic E-state index is 0.356. The molecule has 1 aromatic carbocycles. The molecular weight excluding hydrogens is 234 g/mol. The van der Waals surface area contributed by atoms with Crippen molar-refractivity contribution in [1.82, 2.24) is 0 Å². The SMILES string of the molecule is OCCCCCCCCCCCNc1ccccc1. The Kier molecular flexibility index (Phi) is 10.2. The van der Waals surface area contributed by atoms with E-state index in [1.165, 1.54) is 57.1 Å². The minimum atomic E-state index is 0.356. The predicted octanol–water partition coefficient (Wildman–Crippen LogP) is 4.60. The van der Waals surface area contributed by atoms with Crippen LogP contribution in [0.5, 0.6) is 0 Å². The standard InChI is InChI=1S/C17H29NO/c19-16-12-7-5-3-1-2-4-6-11-15-18-17-13-9-8-10-14-17/h8-10,13-14,18-19H,1-7,11-12,15-16H2. The lowest BCUT2D eigenvalue weighted by atomic mass is 10.1. The van der Waals surface area contributed by atoms with Crippen molar-refractivity contribution in [2.24, 2.45) is 0 Å². The van der Waals surface area contributed by atoms with Gasteiger partial charge in [-0.15, -0.1) is 0 Å². The summed E-state index contributed by atoms with van der Waals surface area (Å²) in [6, 6.07) is 10.4. The quantitative estimate of drug-likeness (QED) is 0.540. The fraction of sp³-hybridized carbons (Fsp3) is 0.647. The number of hydrogen-bond donors (Lipinski definition) is 2. The molecule has 0 spiro atoms. The third-order valence-corrected chi connectivity index (χ3v) is 3.44. The summed E-state index contributed by atoms with van der Waals surface area (Å²) in [5.74, 6) is 0. The van der Waals surface area contributed by atoms with Crippen LogP contribution in [0.4, 0.5) is 5.69 Å². The summed E-state index contributed by atoms with van der Waals surface area (Å²) in [6.45, 7) is 1.44. The van der Waals surface area contributed by atoms with E-state index in [0.717, 1.165) is 13.0 Å². The molecule has 0 heterocycles. The zero-order valence-corrected chi connectivity index (χ0v) is 12.1. The van der Waals surface area contributed by atoms with E-state index < -0.39 is 0 Å². The Bertz CT molecular complexity index is 287. The van der Waals surface area contributed by atoms with Gasteiger partial charge in [-0.2, -0.15) is 0 Å². The van der Waals surface area contributed by atoms with Crippen LogP contribution >= 0.6 is 0 Å². The molecule has 0 aliphatic carbocycles. The van der Waals surface area contributed by atoms with E-state index in [1.807, 2.05) is 6.07 Å². The first kappa shape index (κ1) is 16.0. The smallest absolute Gasteiger partial charge is 0.0431 e. The van der Waals surface area contributed by atoms with Crippen LogP contribution < -0.4 is 5.32 Å². The van der Waals surface area contributed by atoms with Crippen LogP contribution in [-0.4, -0.2) is 18.3 Å². The number of aliphatic hydroxyl groups is 1. The minimum Gasteiger partial charge on any atom is -0.396 e. The molecule has 19 heavy (non-hydrogen) atoms. The number of anilines is 1. The number of unbranched alkanes of at least 4 members (excludes halogenated alkanes) is 8. The van der Waals surface area contributed by atoms with Crippen molar-refractivity contribution in [3.05, 3.63) is 30.3 Å². The van der Waals surface area contributed by atoms with Gasteiger partial charge in [0.25, 0.3) is 0 Å². The summed E-state index contributed by atoms with van der Waals surface area (Å²) in [5.41, 5.74) is 1.23. The molecule has 0 amide bonds. The Balaban J connectivity index is 1.79. The van der Waals surface area contributed by atoms with Crippen LogP contribution in [0.2, 0.25) is 0 Å². The maximum atomic E-state index is 8.67. The Labute approximate surface area is 118 Å². The summed E-state index contributed by atoms with van der Waals surface area (Å²) in [6.07, 6.45) is 11.5. The highest BCUT2D eigenvalue weighted by Gasteiger charge is 1.93. The average molecular weight is 263 g/mol. The van der Waals surface area contributed by atoms with Gasteiger partial charge in [0, 0.05) is 18.8 Å². The van der Waals surface area contributed by atoms with E-state index in [1.54, 1.807) is 0 Å². The van der Waals surface area contributed by atoms with Gasteiger partial charge in [0.2, 0.25) is 0 Å². The molecule has 2 nitrogen and oxygen atoms in total. The predicted molar refractivity (Wildman–Crippen MR) is 83.6 cm³/mol. The number of hydrogen-bond acceptors (Lipinski definition) is 2. The van der Waals surface area contributed by atoms with Crippen molar-refractivity contribution in [2.75, 3.05) is 18.5 Å². The molecule has 0 saturated heterocycles. The van der Waals surface area contributed by atoms with Gasteiger partial charge in [-0.1, -0.05) is 63.1 Å². The van der Waals surface area contributed by atoms with Crippen LogP contribution in [0, 0.1) is 0 Å². The lowest BCUT2D eigenvalue weighted by molar-refractivity contribution is 0.282. The van der Waals surface area contributed by atoms with E-state index in [9.17, 15) is 0 Å². The molecule has 0 fully saturated rings. The molecule has 0 bridgehead atoms. The number of aliphatic hydroxyl groups excluding tert-OH is 1. The van der Waals surface area contributed by atoms with E-state index in [4.69, 9.17) is 5.11 Å². The molecule has 2 N–H and O–H groups in total. The molecule has 0 aromatic heterocycles. The fourth-order valence-corrected chi connectivity index (χ4v) is 2.26. The first-order valence-electron chi connectivity index (χ1n) is 7.83. The molecule has 0 aliphatic heterocycles. The summed E-state index contributed by atoms with van der Waals surface area (Å²) in [7, 11) is 0. The second kappa shape index (κ2) is 12.0. The maximum Gasteiger partial charge on any atom is 0.0431 e. The van der Waals surface area contributed by atoms with Gasteiger partial charge in [-0.05, 0) is 25.0 Å². The summed E-state index contributed by atoms with van der Waals surface area (Å²) in [4.78, 5) is 0. The topological polar surface area (TPSA) is 32.3 Å². The maximum absolute atomic E-state index is 8.67. The van der Waals surface area contributed by atoms with Crippen LogP contribution in [0.15, 0.2) is 30.3 Å². The van der Waals surface area contributed by atoms with Crippen molar-refractivity contribution < 1.29 is 5.11 Å². The van der Waals surface area contributed by atoms with E-state index in [-0.39, 0.29) is 0 Å². The molecule has 0 unspecified atom stereocenters. The zero-order chi connectivity index (χ0) is 13.6. The molecule has 108 valence electrons. The van der Waals surface area contributed by atoms with Crippen molar-refractivity contribution >= 4 is 5.69 Å². The molecule has 2 heteroatoms. The molecule has 0 radical (unpaired) electrons. The number of benzene rings is 1. The molecule has 0 atom stereocenters. The summed E-state index contributed by atoms with van der Waals surface area (Å²) < 4.78 is 0. The second-order valence-electron chi connectivity index (χ2n) is 5.20. The lowest BCUT2D eigenvalue weighted by Gasteiger charge is -2.06. The van der Waals surface area contributed by atoms with Gasteiger partial charge in [0.15, 0.2) is 0 Å². The summed E-state index contributed by atoms with van der Waals surface area (Å²) in [5, 5.41) is 12.1. The molecular formula is C17H29NO. The third kappa shape index (κ3) is 9.54. The van der Waals surface area contributed by atoms with Crippen molar-refractivity contribution in [3.63, 3.8) is 0 Å². The van der Waals surface area contributed by atoms with Crippen LogP contribution in [0.25, 0.3) is 0 Å². The Morgan fingerprint density at radius 1 is 0.684 bits per heavy atom. The summed E-state index contributed by atoms with van der Waals surface area (Å²) >= 11 is 0. The average Bonchev–Trinajstić information content (AvgIpc) is 2.46. The molecule has 1 rings (SSSR count). The first-order valence-corrected chi connectivity index (χ1v) is 7.83. The highest BCUT2D eigenvalue weighted by Crippen LogP contribution is 2.10. The van der Waals surface area contributed by atoms with Crippen LogP contribution in [-0.2, 0) is 0 Å². The van der Waals surface area contributed by atoms with Crippen molar-refractivity contribution in [1.29, 1.82) is 0 Å². The van der Waals surface area contributed by atoms with E-state index >= 15 is 0 Å². The fourth-order valence-electron chi connectivity index (χ4n) is 2.26. The van der Waals surface area contributed by atoms with E-state index in [0.29, 0.717) is 6.61 Å². The van der Waals surface area contributed by atoms with Crippen molar-refractivity contribution in [2.45, 2.75) is 57.8 Å².